The second kappa shape index (κ2) is 9.05. The Bertz CT molecular complexity index is 1050. The van der Waals surface area contributed by atoms with E-state index in [9.17, 15) is 4.79 Å². The van der Waals surface area contributed by atoms with Gasteiger partial charge in [0.05, 0.1) is 12.0 Å². The second-order valence-corrected chi connectivity index (χ2v) is 7.96. The number of hydrogen-bond donors (Lipinski definition) is 1. The van der Waals surface area contributed by atoms with Gasteiger partial charge in [0.15, 0.2) is 5.16 Å². The number of nitrogens with zero attached hydrogens (tertiary/aromatic N) is 4. The first kappa shape index (κ1) is 20.8. The van der Waals surface area contributed by atoms with E-state index in [1.165, 1.54) is 17.3 Å². The van der Waals surface area contributed by atoms with Gasteiger partial charge in [-0.25, -0.2) is 15.4 Å². The standard InChI is InChI=1S/C22H25N5OS/c1-14-7-6-8-20(9-14)27-17(4)11-19(18(27)5)12-23-26-21(28)13-29-22-24-15(2)10-16(3)25-22/h6-12H,13H2,1-5H3,(H,26,28)/b23-12+. The third-order valence-electron chi connectivity index (χ3n) is 4.42. The minimum Gasteiger partial charge on any atom is -0.318 e. The zero-order valence-electron chi connectivity index (χ0n) is 17.4. The topological polar surface area (TPSA) is 72.2 Å². The molecule has 0 fully saturated rings. The van der Waals surface area contributed by atoms with Gasteiger partial charge in [-0.15, -0.1) is 0 Å². The minimum atomic E-state index is -0.193. The summed E-state index contributed by atoms with van der Waals surface area (Å²) in [6.45, 7) is 10.0. The molecule has 0 radical (unpaired) electrons. The molecule has 7 heteroatoms. The SMILES string of the molecule is Cc1cccc(-n2c(C)cc(/C=N/NC(=O)CSc3nc(C)cc(C)n3)c2C)c1. The van der Waals surface area contributed by atoms with Crippen LogP contribution in [0.1, 0.15) is 33.9 Å². The summed E-state index contributed by atoms with van der Waals surface area (Å²) in [5.74, 6) is 0.0178. The number of aryl methyl sites for hydroxylation is 4. The molecular weight excluding hydrogens is 382 g/mol. The van der Waals surface area contributed by atoms with Crippen molar-refractivity contribution >= 4 is 23.9 Å². The molecule has 29 heavy (non-hydrogen) atoms. The number of carbonyl (C=O) groups is 1. The maximum atomic E-state index is 12.1. The minimum absolute atomic E-state index is 0.193. The summed E-state index contributed by atoms with van der Waals surface area (Å²) in [6.07, 6.45) is 1.69. The highest BCUT2D eigenvalue weighted by Gasteiger charge is 2.10. The summed E-state index contributed by atoms with van der Waals surface area (Å²) in [7, 11) is 0. The van der Waals surface area contributed by atoms with Crippen LogP contribution in [0.5, 0.6) is 0 Å². The summed E-state index contributed by atoms with van der Waals surface area (Å²) in [5, 5.41) is 4.72. The lowest BCUT2D eigenvalue weighted by atomic mass is 10.2. The lowest BCUT2D eigenvalue weighted by Gasteiger charge is -2.10. The molecule has 2 heterocycles. The number of carbonyl (C=O) groups excluding carboxylic acids is 1. The fourth-order valence-electron chi connectivity index (χ4n) is 3.18. The normalized spacial score (nSPS) is 11.2. The number of hydrogen-bond acceptors (Lipinski definition) is 5. The summed E-state index contributed by atoms with van der Waals surface area (Å²) < 4.78 is 2.18. The molecule has 1 N–H and O–H groups in total. The Hall–Kier alpha value is -2.93. The molecule has 0 bridgehead atoms. The van der Waals surface area contributed by atoms with Gasteiger partial charge in [-0.05, 0) is 64.4 Å². The van der Waals surface area contributed by atoms with Gasteiger partial charge >= 0.3 is 0 Å². The van der Waals surface area contributed by atoms with Crippen LogP contribution < -0.4 is 5.43 Å². The number of rotatable bonds is 6. The van der Waals surface area contributed by atoms with Crippen LogP contribution in [0.2, 0.25) is 0 Å². The average molecular weight is 408 g/mol. The predicted molar refractivity (Wildman–Crippen MR) is 118 cm³/mol. The molecule has 150 valence electrons. The Labute approximate surface area is 175 Å². The second-order valence-electron chi connectivity index (χ2n) is 7.02. The van der Waals surface area contributed by atoms with Crippen LogP contribution in [0.4, 0.5) is 0 Å². The monoisotopic (exact) mass is 407 g/mol. The number of hydrazone groups is 1. The van der Waals surface area contributed by atoms with Crippen LogP contribution in [0, 0.1) is 34.6 Å². The molecule has 3 rings (SSSR count). The smallest absolute Gasteiger partial charge is 0.250 e. The van der Waals surface area contributed by atoms with Gasteiger partial charge in [-0.3, -0.25) is 4.79 Å². The van der Waals surface area contributed by atoms with E-state index in [0.717, 1.165) is 34.0 Å². The molecule has 0 unspecified atom stereocenters. The lowest BCUT2D eigenvalue weighted by Crippen LogP contribution is -2.19. The zero-order chi connectivity index (χ0) is 21.0. The van der Waals surface area contributed by atoms with Crippen molar-refractivity contribution < 1.29 is 4.79 Å². The van der Waals surface area contributed by atoms with E-state index in [4.69, 9.17) is 0 Å². The van der Waals surface area contributed by atoms with Crippen LogP contribution in [0.3, 0.4) is 0 Å². The highest BCUT2D eigenvalue weighted by Crippen LogP contribution is 2.20. The zero-order valence-corrected chi connectivity index (χ0v) is 18.2. The van der Waals surface area contributed by atoms with E-state index in [-0.39, 0.29) is 11.7 Å². The first-order valence-electron chi connectivity index (χ1n) is 9.36. The third-order valence-corrected chi connectivity index (χ3v) is 5.26. The van der Waals surface area contributed by atoms with Gasteiger partial charge < -0.3 is 4.57 Å². The van der Waals surface area contributed by atoms with Crippen molar-refractivity contribution in [3.63, 3.8) is 0 Å². The van der Waals surface area contributed by atoms with Gasteiger partial charge in [0.25, 0.3) is 5.91 Å². The first-order chi connectivity index (χ1) is 13.8. The van der Waals surface area contributed by atoms with Crippen LogP contribution in [0.25, 0.3) is 5.69 Å². The highest BCUT2D eigenvalue weighted by molar-refractivity contribution is 7.99. The molecule has 0 saturated heterocycles. The van der Waals surface area contributed by atoms with E-state index in [0.29, 0.717) is 5.16 Å². The predicted octanol–water partition coefficient (Wildman–Crippen LogP) is 4.05. The molecular formula is C22H25N5OS. The van der Waals surface area contributed by atoms with E-state index >= 15 is 0 Å². The number of thioether (sulfide) groups is 1. The number of amides is 1. The molecule has 1 aromatic carbocycles. The van der Waals surface area contributed by atoms with Crippen molar-refractivity contribution in [1.29, 1.82) is 0 Å². The summed E-state index contributed by atoms with van der Waals surface area (Å²) in [4.78, 5) is 20.7. The molecule has 1 amide bonds. The molecule has 0 atom stereocenters. The fourth-order valence-corrected chi connectivity index (χ4v) is 3.92. The fraction of sp³-hybridized carbons (Fsp3) is 0.273. The molecule has 0 spiro atoms. The van der Waals surface area contributed by atoms with Gasteiger partial charge in [-0.1, -0.05) is 23.9 Å². The summed E-state index contributed by atoms with van der Waals surface area (Å²) in [5.41, 5.74) is 9.85. The van der Waals surface area contributed by atoms with Crippen LogP contribution in [0.15, 0.2) is 46.7 Å². The molecule has 0 aliphatic carbocycles. The van der Waals surface area contributed by atoms with E-state index < -0.39 is 0 Å². The quantitative estimate of drug-likeness (QED) is 0.290. The molecule has 6 nitrogen and oxygen atoms in total. The van der Waals surface area contributed by atoms with Crippen molar-refractivity contribution in [2.75, 3.05) is 5.75 Å². The number of nitrogens with one attached hydrogen (secondary N) is 1. The first-order valence-corrected chi connectivity index (χ1v) is 10.3. The Morgan fingerprint density at radius 3 is 2.52 bits per heavy atom. The Kier molecular flexibility index (Phi) is 6.49. The summed E-state index contributed by atoms with van der Waals surface area (Å²) in [6, 6.07) is 12.3. The largest absolute Gasteiger partial charge is 0.318 e. The maximum Gasteiger partial charge on any atom is 0.250 e. The van der Waals surface area contributed by atoms with E-state index in [2.05, 4.69) is 69.2 Å². The number of aromatic nitrogens is 3. The summed E-state index contributed by atoms with van der Waals surface area (Å²) >= 11 is 1.30. The van der Waals surface area contributed by atoms with Gasteiger partial charge in [-0.2, -0.15) is 5.10 Å². The highest BCUT2D eigenvalue weighted by atomic mass is 32.2. The Morgan fingerprint density at radius 1 is 1.10 bits per heavy atom. The van der Waals surface area contributed by atoms with Gasteiger partial charge in [0.2, 0.25) is 0 Å². The van der Waals surface area contributed by atoms with Crippen LogP contribution >= 0.6 is 11.8 Å². The van der Waals surface area contributed by atoms with Crippen molar-refractivity contribution in [2.24, 2.45) is 5.10 Å². The molecule has 0 aliphatic heterocycles. The van der Waals surface area contributed by atoms with Crippen LogP contribution in [-0.2, 0) is 4.79 Å². The lowest BCUT2D eigenvalue weighted by molar-refractivity contribution is -0.118. The Balaban J connectivity index is 1.63. The van der Waals surface area contributed by atoms with E-state index in [1.54, 1.807) is 6.21 Å². The van der Waals surface area contributed by atoms with Crippen molar-refractivity contribution in [3.8, 4) is 5.69 Å². The van der Waals surface area contributed by atoms with Crippen LogP contribution in [-0.4, -0.2) is 32.4 Å². The van der Waals surface area contributed by atoms with Crippen molar-refractivity contribution in [1.82, 2.24) is 20.0 Å². The third kappa shape index (κ3) is 5.32. The molecule has 0 saturated carbocycles. The van der Waals surface area contributed by atoms with Crippen molar-refractivity contribution in [3.05, 3.63) is 70.3 Å². The average Bonchev–Trinajstić information content (AvgIpc) is 2.93. The van der Waals surface area contributed by atoms with E-state index in [1.807, 2.05) is 26.8 Å². The number of benzene rings is 1. The molecule has 3 aromatic rings. The molecule has 0 aliphatic rings. The van der Waals surface area contributed by atoms with Gasteiger partial charge in [0, 0.05) is 34.0 Å². The Morgan fingerprint density at radius 2 is 1.83 bits per heavy atom. The molecule has 2 aromatic heterocycles. The van der Waals surface area contributed by atoms with Crippen molar-refractivity contribution in [2.45, 2.75) is 39.8 Å². The van der Waals surface area contributed by atoms with Gasteiger partial charge in [0.1, 0.15) is 0 Å². The maximum absolute atomic E-state index is 12.1.